The molecule has 0 unspecified atom stereocenters. The molecule has 0 aliphatic heterocycles. The van der Waals surface area contributed by atoms with Crippen LogP contribution in [-0.4, -0.2) is 20.9 Å². The van der Waals surface area contributed by atoms with Crippen molar-refractivity contribution >= 4 is 27.3 Å². The summed E-state index contributed by atoms with van der Waals surface area (Å²) in [5, 5.41) is 2.10. The predicted octanol–water partition coefficient (Wildman–Crippen LogP) is 4.09. The zero-order chi connectivity index (χ0) is 21.7. The van der Waals surface area contributed by atoms with Gasteiger partial charge in [-0.15, -0.1) is 0 Å². The van der Waals surface area contributed by atoms with Crippen molar-refractivity contribution in [2.24, 2.45) is 0 Å². The van der Waals surface area contributed by atoms with Gasteiger partial charge in [0.25, 0.3) is 15.9 Å². The summed E-state index contributed by atoms with van der Waals surface area (Å²) in [6.45, 7) is 1.27. The van der Waals surface area contributed by atoms with Crippen LogP contribution in [0.5, 0.6) is 5.75 Å². The predicted molar refractivity (Wildman–Crippen MR) is 109 cm³/mol. The highest BCUT2D eigenvalue weighted by Crippen LogP contribution is 2.22. The van der Waals surface area contributed by atoms with E-state index < -0.39 is 39.9 Å². The van der Waals surface area contributed by atoms with Crippen molar-refractivity contribution in [2.75, 3.05) is 16.6 Å². The third-order valence-electron chi connectivity index (χ3n) is 4.12. The lowest BCUT2D eigenvalue weighted by Gasteiger charge is -2.11. The van der Waals surface area contributed by atoms with Crippen LogP contribution in [0.15, 0.2) is 71.6 Å². The first-order valence-electron chi connectivity index (χ1n) is 8.81. The second-order valence-electron chi connectivity index (χ2n) is 6.33. The molecule has 0 atom stereocenters. The van der Waals surface area contributed by atoms with E-state index in [1.165, 1.54) is 30.3 Å². The Bertz CT molecular complexity index is 1150. The Morgan fingerprint density at radius 2 is 1.57 bits per heavy atom. The van der Waals surface area contributed by atoms with Crippen molar-refractivity contribution in [3.05, 3.63) is 83.9 Å². The molecule has 9 heteroatoms. The molecule has 1 amide bonds. The maximum Gasteiger partial charge on any atom is 0.262 e. The van der Waals surface area contributed by atoms with Gasteiger partial charge in [0.1, 0.15) is 23.1 Å². The Balaban J connectivity index is 1.62. The van der Waals surface area contributed by atoms with Crippen LogP contribution in [0.3, 0.4) is 0 Å². The zero-order valence-corrected chi connectivity index (χ0v) is 16.7. The van der Waals surface area contributed by atoms with E-state index in [9.17, 15) is 22.0 Å². The number of rotatable bonds is 7. The largest absolute Gasteiger partial charge is 0.484 e. The highest BCUT2D eigenvalue weighted by Gasteiger charge is 2.16. The van der Waals surface area contributed by atoms with Crippen molar-refractivity contribution in [1.29, 1.82) is 0 Å². The quantitative estimate of drug-likeness (QED) is 0.589. The molecule has 3 rings (SSSR count). The van der Waals surface area contributed by atoms with Crippen LogP contribution in [-0.2, 0) is 14.8 Å². The Labute approximate surface area is 172 Å². The van der Waals surface area contributed by atoms with Gasteiger partial charge in [0.05, 0.1) is 10.6 Å². The van der Waals surface area contributed by atoms with Crippen molar-refractivity contribution in [2.45, 2.75) is 11.8 Å². The van der Waals surface area contributed by atoms with E-state index in [1.54, 1.807) is 31.2 Å². The topological polar surface area (TPSA) is 84.5 Å². The lowest BCUT2D eigenvalue weighted by molar-refractivity contribution is -0.118. The van der Waals surface area contributed by atoms with Gasteiger partial charge in [-0.1, -0.05) is 24.3 Å². The summed E-state index contributed by atoms with van der Waals surface area (Å²) in [5.74, 6) is -2.36. The van der Waals surface area contributed by atoms with Gasteiger partial charge in [0.15, 0.2) is 6.61 Å². The molecule has 0 aliphatic carbocycles. The van der Waals surface area contributed by atoms with E-state index in [2.05, 4.69) is 10.0 Å². The number of halogens is 2. The van der Waals surface area contributed by atoms with Gasteiger partial charge in [-0.2, -0.15) is 0 Å². The maximum absolute atomic E-state index is 13.6. The molecule has 0 saturated heterocycles. The van der Waals surface area contributed by atoms with Crippen molar-refractivity contribution in [3.63, 3.8) is 0 Å². The molecule has 30 heavy (non-hydrogen) atoms. The number of carbonyl (C=O) groups excluding carboxylic acids is 1. The first kappa shape index (κ1) is 21.3. The average molecular weight is 432 g/mol. The zero-order valence-electron chi connectivity index (χ0n) is 15.9. The van der Waals surface area contributed by atoms with Crippen LogP contribution in [0.1, 0.15) is 5.56 Å². The fraction of sp³-hybridized carbons (Fsp3) is 0.0952. The molecule has 0 radical (unpaired) electrons. The van der Waals surface area contributed by atoms with Gasteiger partial charge in [-0.25, -0.2) is 17.2 Å². The number of sulfonamides is 1. The summed E-state index contributed by atoms with van der Waals surface area (Å²) >= 11 is 0. The number of amides is 1. The minimum absolute atomic E-state index is 0.0102. The molecule has 3 aromatic carbocycles. The van der Waals surface area contributed by atoms with Gasteiger partial charge >= 0.3 is 0 Å². The van der Waals surface area contributed by atoms with E-state index >= 15 is 0 Å². The van der Waals surface area contributed by atoms with Crippen molar-refractivity contribution < 1.29 is 26.7 Å². The third kappa shape index (κ3) is 5.12. The average Bonchev–Trinajstić information content (AvgIpc) is 2.71. The molecule has 3 aromatic rings. The standard InChI is InChI=1S/C21H18F2N2O4S/c1-14-5-2-3-8-19(14)25-30(27,28)16-11-9-15(10-12-16)29-13-20(26)24-21-17(22)6-4-7-18(21)23/h2-12,25H,13H2,1H3,(H,24,26). The van der Waals surface area contributed by atoms with Crippen molar-refractivity contribution in [1.82, 2.24) is 0 Å². The monoisotopic (exact) mass is 432 g/mol. The number of hydrogen-bond acceptors (Lipinski definition) is 4. The van der Waals surface area contributed by atoms with E-state index in [1.807, 2.05) is 0 Å². The van der Waals surface area contributed by atoms with Gasteiger partial charge in [-0.3, -0.25) is 9.52 Å². The molecule has 6 nitrogen and oxygen atoms in total. The third-order valence-corrected chi connectivity index (χ3v) is 5.50. The fourth-order valence-corrected chi connectivity index (χ4v) is 3.68. The second kappa shape index (κ2) is 8.91. The minimum Gasteiger partial charge on any atom is -0.484 e. The number of nitrogens with one attached hydrogen (secondary N) is 2. The number of carbonyl (C=O) groups is 1. The summed E-state index contributed by atoms with van der Waals surface area (Å²) in [4.78, 5) is 11.9. The minimum atomic E-state index is -3.80. The fourth-order valence-electron chi connectivity index (χ4n) is 2.55. The second-order valence-corrected chi connectivity index (χ2v) is 8.01. The molecule has 156 valence electrons. The lowest BCUT2D eigenvalue weighted by atomic mass is 10.2. The molecule has 0 heterocycles. The molecule has 0 bridgehead atoms. The van der Waals surface area contributed by atoms with Crippen LogP contribution in [0.4, 0.5) is 20.2 Å². The van der Waals surface area contributed by atoms with Crippen LogP contribution in [0.2, 0.25) is 0 Å². The summed E-state index contributed by atoms with van der Waals surface area (Å²) in [5.41, 5.74) is 0.683. The molecular formula is C21H18F2N2O4S. The number of anilines is 2. The summed E-state index contributed by atoms with van der Waals surface area (Å²) < 4.78 is 59.9. The number of para-hydroxylation sites is 2. The van der Waals surface area contributed by atoms with E-state index in [0.29, 0.717) is 5.69 Å². The summed E-state index contributed by atoms with van der Waals surface area (Å²) in [6.07, 6.45) is 0. The van der Waals surface area contributed by atoms with Gasteiger partial charge in [-0.05, 0) is 55.0 Å². The number of hydrogen-bond donors (Lipinski definition) is 2. The smallest absolute Gasteiger partial charge is 0.262 e. The summed E-state index contributed by atoms with van der Waals surface area (Å²) in [7, 11) is -3.80. The Morgan fingerprint density at radius 1 is 0.933 bits per heavy atom. The number of ether oxygens (including phenoxy) is 1. The normalized spacial score (nSPS) is 11.0. The molecule has 0 fully saturated rings. The highest BCUT2D eigenvalue weighted by atomic mass is 32.2. The number of aryl methyl sites for hydroxylation is 1. The van der Waals surface area contributed by atoms with Gasteiger partial charge in [0, 0.05) is 0 Å². The highest BCUT2D eigenvalue weighted by molar-refractivity contribution is 7.92. The molecule has 0 aromatic heterocycles. The van der Waals surface area contributed by atoms with Gasteiger partial charge < -0.3 is 10.1 Å². The van der Waals surface area contributed by atoms with Crippen LogP contribution in [0.25, 0.3) is 0 Å². The molecule has 0 spiro atoms. The van der Waals surface area contributed by atoms with E-state index in [0.717, 1.165) is 17.7 Å². The molecule has 2 N–H and O–H groups in total. The van der Waals surface area contributed by atoms with Crippen molar-refractivity contribution in [3.8, 4) is 5.75 Å². The van der Waals surface area contributed by atoms with Crippen LogP contribution < -0.4 is 14.8 Å². The van der Waals surface area contributed by atoms with E-state index in [-0.39, 0.29) is 10.6 Å². The Morgan fingerprint density at radius 3 is 2.20 bits per heavy atom. The number of benzene rings is 3. The van der Waals surface area contributed by atoms with Crippen LogP contribution in [0, 0.1) is 18.6 Å². The first-order chi connectivity index (χ1) is 14.3. The SMILES string of the molecule is Cc1ccccc1NS(=O)(=O)c1ccc(OCC(=O)Nc2c(F)cccc2F)cc1. The molecule has 0 saturated carbocycles. The first-order valence-corrected chi connectivity index (χ1v) is 10.3. The Kier molecular flexibility index (Phi) is 6.31. The van der Waals surface area contributed by atoms with Gasteiger partial charge in [0.2, 0.25) is 0 Å². The lowest BCUT2D eigenvalue weighted by Crippen LogP contribution is -2.21. The Hall–Kier alpha value is -3.46. The molecule has 0 aliphatic rings. The maximum atomic E-state index is 13.6. The van der Waals surface area contributed by atoms with Crippen LogP contribution >= 0.6 is 0 Å². The summed E-state index contributed by atoms with van der Waals surface area (Å²) in [6, 6.07) is 15.6. The van der Waals surface area contributed by atoms with E-state index in [4.69, 9.17) is 4.74 Å². The molecular weight excluding hydrogens is 414 g/mol.